The molecule has 1 aliphatic heterocycles. The van der Waals surface area contributed by atoms with Crippen LogP contribution in [0.25, 0.3) is 0 Å². The summed E-state index contributed by atoms with van der Waals surface area (Å²) in [5.74, 6) is 3.74. The second kappa shape index (κ2) is 12.8. The van der Waals surface area contributed by atoms with Gasteiger partial charge in [0.1, 0.15) is 17.5 Å². The highest BCUT2D eigenvalue weighted by atomic mass is 35.5. The molecule has 1 fully saturated rings. The number of ether oxygens (including phenoxy) is 4. The molecule has 11 heteroatoms. The summed E-state index contributed by atoms with van der Waals surface area (Å²) in [4.78, 5) is 4.74. The van der Waals surface area contributed by atoms with Gasteiger partial charge in [0.15, 0.2) is 17.3 Å². The van der Waals surface area contributed by atoms with Crippen molar-refractivity contribution < 1.29 is 18.9 Å². The molecule has 36 heavy (non-hydrogen) atoms. The van der Waals surface area contributed by atoms with Gasteiger partial charge in [-0.1, -0.05) is 6.07 Å². The van der Waals surface area contributed by atoms with Gasteiger partial charge in [-0.15, -0.1) is 17.5 Å². The van der Waals surface area contributed by atoms with Crippen LogP contribution in [0.3, 0.4) is 0 Å². The SMILES string of the molecule is COc1ccc(OC)c(C(c2nnnn2CCc2ccc(OC)c(OC)c2)N2CCN(C)CC2)c1.Cl. The number of hydrogen-bond donors (Lipinski definition) is 0. The molecule has 1 aromatic heterocycles. The third-order valence-corrected chi connectivity index (χ3v) is 6.50. The Kier molecular flexibility index (Phi) is 9.74. The number of halogens is 1. The Morgan fingerprint density at radius 3 is 2.19 bits per heavy atom. The number of benzene rings is 2. The van der Waals surface area contributed by atoms with Crippen molar-refractivity contribution in [2.45, 2.75) is 19.0 Å². The number of hydrogen-bond acceptors (Lipinski definition) is 9. The van der Waals surface area contributed by atoms with E-state index in [1.807, 2.05) is 41.1 Å². The maximum absolute atomic E-state index is 5.76. The van der Waals surface area contributed by atoms with Gasteiger partial charge in [0.2, 0.25) is 0 Å². The molecule has 1 aliphatic rings. The first kappa shape index (κ1) is 27.5. The fourth-order valence-electron chi connectivity index (χ4n) is 4.47. The van der Waals surface area contributed by atoms with E-state index in [2.05, 4.69) is 32.4 Å². The van der Waals surface area contributed by atoms with Crippen LogP contribution in [-0.4, -0.2) is 91.7 Å². The van der Waals surface area contributed by atoms with Crippen molar-refractivity contribution in [2.75, 3.05) is 61.7 Å². The van der Waals surface area contributed by atoms with Crippen molar-refractivity contribution in [3.05, 3.63) is 53.3 Å². The minimum Gasteiger partial charge on any atom is -0.497 e. The minimum atomic E-state index is -0.172. The van der Waals surface area contributed by atoms with E-state index in [4.69, 9.17) is 18.9 Å². The Hall–Kier alpha value is -3.08. The topological polar surface area (TPSA) is 87.0 Å². The van der Waals surface area contributed by atoms with Gasteiger partial charge in [-0.3, -0.25) is 4.90 Å². The fraction of sp³-hybridized carbons (Fsp3) is 0.480. The third-order valence-electron chi connectivity index (χ3n) is 6.50. The molecule has 0 saturated carbocycles. The molecule has 0 amide bonds. The number of piperazine rings is 1. The Bertz CT molecular complexity index is 1120. The molecule has 2 heterocycles. The molecule has 10 nitrogen and oxygen atoms in total. The van der Waals surface area contributed by atoms with E-state index in [0.717, 1.165) is 61.1 Å². The Morgan fingerprint density at radius 1 is 0.833 bits per heavy atom. The van der Waals surface area contributed by atoms with E-state index in [0.29, 0.717) is 18.0 Å². The van der Waals surface area contributed by atoms with Crippen LogP contribution in [0.5, 0.6) is 23.0 Å². The molecule has 3 aromatic rings. The lowest BCUT2D eigenvalue weighted by Crippen LogP contribution is -2.46. The van der Waals surface area contributed by atoms with Crippen LogP contribution in [0.1, 0.15) is 23.0 Å². The van der Waals surface area contributed by atoms with Crippen molar-refractivity contribution in [3.63, 3.8) is 0 Å². The molecule has 2 aromatic carbocycles. The molecule has 0 bridgehead atoms. The van der Waals surface area contributed by atoms with Crippen LogP contribution in [0.15, 0.2) is 36.4 Å². The molecule has 4 rings (SSSR count). The van der Waals surface area contributed by atoms with Gasteiger partial charge in [0, 0.05) is 38.3 Å². The number of aromatic nitrogens is 4. The third kappa shape index (κ3) is 6.00. The van der Waals surface area contributed by atoms with Gasteiger partial charge in [-0.05, 0) is 59.8 Å². The van der Waals surface area contributed by atoms with E-state index in [1.165, 1.54) is 0 Å². The molecule has 1 atom stereocenters. The van der Waals surface area contributed by atoms with Gasteiger partial charge in [0.05, 0.1) is 28.4 Å². The summed E-state index contributed by atoms with van der Waals surface area (Å²) in [6, 6.07) is 11.6. The number of rotatable bonds is 10. The highest BCUT2D eigenvalue weighted by Gasteiger charge is 2.32. The second-order valence-electron chi connectivity index (χ2n) is 8.55. The molecular weight excluding hydrogens is 484 g/mol. The first-order valence-corrected chi connectivity index (χ1v) is 11.7. The van der Waals surface area contributed by atoms with E-state index in [1.54, 1.807) is 28.4 Å². The number of nitrogens with zero attached hydrogens (tertiary/aromatic N) is 6. The lowest BCUT2D eigenvalue weighted by molar-refractivity contribution is 0.120. The van der Waals surface area contributed by atoms with Crippen molar-refractivity contribution in [1.82, 2.24) is 30.0 Å². The average molecular weight is 519 g/mol. The van der Waals surface area contributed by atoms with Gasteiger partial charge in [-0.25, -0.2) is 4.68 Å². The van der Waals surface area contributed by atoms with Crippen molar-refractivity contribution in [2.24, 2.45) is 0 Å². The second-order valence-corrected chi connectivity index (χ2v) is 8.55. The largest absolute Gasteiger partial charge is 0.497 e. The molecular formula is C25H35ClN6O4. The summed E-state index contributed by atoms with van der Waals surface area (Å²) in [5.41, 5.74) is 2.10. The van der Waals surface area contributed by atoms with E-state index in [9.17, 15) is 0 Å². The molecule has 0 N–H and O–H groups in total. The molecule has 196 valence electrons. The lowest BCUT2D eigenvalue weighted by atomic mass is 10.0. The molecule has 0 spiro atoms. The summed E-state index contributed by atoms with van der Waals surface area (Å²) < 4.78 is 24.0. The van der Waals surface area contributed by atoms with Crippen LogP contribution < -0.4 is 18.9 Å². The van der Waals surface area contributed by atoms with Crippen LogP contribution in [-0.2, 0) is 13.0 Å². The normalized spacial score (nSPS) is 15.1. The quantitative estimate of drug-likeness (QED) is 0.402. The molecule has 1 saturated heterocycles. The summed E-state index contributed by atoms with van der Waals surface area (Å²) >= 11 is 0. The first-order chi connectivity index (χ1) is 17.1. The van der Waals surface area contributed by atoms with Crippen LogP contribution >= 0.6 is 12.4 Å². The van der Waals surface area contributed by atoms with E-state index >= 15 is 0 Å². The number of likely N-dealkylation sites (N-methyl/N-ethyl adjacent to an activating group) is 1. The maximum atomic E-state index is 5.76. The Labute approximate surface area is 218 Å². The van der Waals surface area contributed by atoms with Crippen LogP contribution in [0.2, 0.25) is 0 Å². The fourth-order valence-corrected chi connectivity index (χ4v) is 4.47. The number of tetrazole rings is 1. The van der Waals surface area contributed by atoms with Gasteiger partial charge in [-0.2, -0.15) is 0 Å². The first-order valence-electron chi connectivity index (χ1n) is 11.7. The monoisotopic (exact) mass is 518 g/mol. The Morgan fingerprint density at radius 2 is 1.53 bits per heavy atom. The average Bonchev–Trinajstić information content (AvgIpc) is 3.36. The lowest BCUT2D eigenvalue weighted by Gasteiger charge is -2.37. The Balaban J connectivity index is 0.00000361. The van der Waals surface area contributed by atoms with Gasteiger partial charge in [0.25, 0.3) is 0 Å². The molecule has 0 aliphatic carbocycles. The van der Waals surface area contributed by atoms with E-state index < -0.39 is 0 Å². The van der Waals surface area contributed by atoms with Crippen molar-refractivity contribution in [1.29, 1.82) is 0 Å². The van der Waals surface area contributed by atoms with Crippen molar-refractivity contribution in [3.8, 4) is 23.0 Å². The number of methoxy groups -OCH3 is 4. The molecule has 1 unspecified atom stereocenters. The van der Waals surface area contributed by atoms with Gasteiger partial charge < -0.3 is 23.8 Å². The van der Waals surface area contributed by atoms with Crippen molar-refractivity contribution >= 4 is 12.4 Å². The zero-order valence-corrected chi connectivity index (χ0v) is 22.3. The van der Waals surface area contributed by atoms with Crippen LogP contribution in [0.4, 0.5) is 0 Å². The predicted octanol–water partition coefficient (Wildman–Crippen LogP) is 2.71. The van der Waals surface area contributed by atoms with Gasteiger partial charge >= 0.3 is 0 Å². The predicted molar refractivity (Wildman–Crippen MR) is 139 cm³/mol. The highest BCUT2D eigenvalue weighted by Crippen LogP contribution is 2.37. The zero-order chi connectivity index (χ0) is 24.8. The summed E-state index contributed by atoms with van der Waals surface area (Å²) in [7, 11) is 8.78. The highest BCUT2D eigenvalue weighted by molar-refractivity contribution is 5.85. The summed E-state index contributed by atoms with van der Waals surface area (Å²) in [6.45, 7) is 4.34. The molecule has 0 radical (unpaired) electrons. The minimum absolute atomic E-state index is 0. The van der Waals surface area contributed by atoms with Crippen LogP contribution in [0, 0.1) is 0 Å². The summed E-state index contributed by atoms with van der Waals surface area (Å²) in [6.07, 6.45) is 0.739. The number of aryl methyl sites for hydroxylation is 2. The standard InChI is InChI=1S/C25H34N6O4.ClH/c1-29-12-14-30(15-13-29)24(20-17-19(32-2)7-9-21(20)33-3)25-26-27-28-31(25)11-10-18-6-8-22(34-4)23(16-18)35-5;/h6-9,16-17,24H,10-15H2,1-5H3;1H. The zero-order valence-electron chi connectivity index (χ0n) is 21.5. The smallest absolute Gasteiger partial charge is 0.173 e. The summed E-state index contributed by atoms with van der Waals surface area (Å²) in [5, 5.41) is 12.9. The van der Waals surface area contributed by atoms with E-state index in [-0.39, 0.29) is 18.4 Å². The maximum Gasteiger partial charge on any atom is 0.173 e.